The second kappa shape index (κ2) is 9.60. The smallest absolute Gasteiger partial charge is 0.328 e. The molecule has 2 aromatic rings. The van der Waals surface area contributed by atoms with Crippen LogP contribution in [0.25, 0.3) is 10.6 Å². The van der Waals surface area contributed by atoms with Crippen LogP contribution in [0.15, 0.2) is 6.07 Å². The SMILES string of the molecule is C[C@H]1CN2c3c(cc(-c4nnc(CC(=O)NCC(=O)O)s4)c(F)c3F)CC3(C(=O)NC(=O)NC3=O)C2[C@@H](C)O1. The maximum absolute atomic E-state index is 15.8. The largest absolute Gasteiger partial charge is 0.480 e. The second-order valence-corrected chi connectivity index (χ2v) is 10.6. The summed E-state index contributed by atoms with van der Waals surface area (Å²) >= 11 is 0.800. The molecule has 2 fully saturated rings. The van der Waals surface area contributed by atoms with Crippen LogP contribution in [0.4, 0.5) is 19.3 Å². The van der Waals surface area contributed by atoms with Crippen molar-refractivity contribution in [3.63, 3.8) is 0 Å². The van der Waals surface area contributed by atoms with E-state index in [2.05, 4.69) is 26.1 Å². The number of hydrogen-bond donors (Lipinski definition) is 4. The van der Waals surface area contributed by atoms with Crippen LogP contribution < -0.4 is 20.9 Å². The molecule has 39 heavy (non-hydrogen) atoms. The summed E-state index contributed by atoms with van der Waals surface area (Å²) in [4.78, 5) is 62.4. The number of carbonyl (C=O) groups excluding carboxylic acids is 4. The summed E-state index contributed by atoms with van der Waals surface area (Å²) in [5, 5.41) is 22.8. The molecule has 1 spiro atoms. The van der Waals surface area contributed by atoms with Crippen molar-refractivity contribution in [1.29, 1.82) is 0 Å². The molecule has 5 rings (SSSR count). The van der Waals surface area contributed by atoms with Gasteiger partial charge in [0.2, 0.25) is 17.7 Å². The number of aromatic nitrogens is 2. The first-order chi connectivity index (χ1) is 18.4. The summed E-state index contributed by atoms with van der Waals surface area (Å²) in [6.07, 6.45) is -1.89. The van der Waals surface area contributed by atoms with Gasteiger partial charge in [-0.2, -0.15) is 0 Å². The van der Waals surface area contributed by atoms with E-state index < -0.39 is 71.6 Å². The Balaban J connectivity index is 1.57. The van der Waals surface area contributed by atoms with Gasteiger partial charge >= 0.3 is 12.0 Å². The van der Waals surface area contributed by atoms with Gasteiger partial charge in [-0.3, -0.25) is 29.8 Å². The topological polar surface area (TPSA) is 180 Å². The number of morpholine rings is 1. The highest BCUT2D eigenvalue weighted by Gasteiger charge is 2.63. The zero-order valence-corrected chi connectivity index (χ0v) is 21.4. The van der Waals surface area contributed by atoms with E-state index in [9.17, 15) is 24.0 Å². The summed E-state index contributed by atoms with van der Waals surface area (Å²) in [5.41, 5.74) is -2.16. The standard InChI is InChI=1S/C23H22F2N6O7S/c1-8-7-31-17-10(5-23(18(31)9(2)38-8)20(35)27-22(37)28-21(23)36)3-11(15(24)16(17)25)19-30-29-13(39-19)4-12(32)26-6-14(33)34/h3,8-9,18H,4-7H2,1-2H3,(H,26,32)(H,33,34)(H2,27,28,35,36,37)/t8-,9+,18?/m0/s1. The normalized spacial score (nSPS) is 23.5. The van der Waals surface area contributed by atoms with Crippen LogP contribution >= 0.6 is 11.3 Å². The molecule has 4 heterocycles. The molecular formula is C23H22F2N6O7S. The van der Waals surface area contributed by atoms with E-state index in [1.165, 1.54) is 11.0 Å². The third-order valence-corrected chi connectivity index (χ3v) is 7.87. The molecule has 0 bridgehead atoms. The van der Waals surface area contributed by atoms with Crippen LogP contribution in [0.1, 0.15) is 24.4 Å². The Kier molecular flexibility index (Phi) is 6.54. The molecule has 16 heteroatoms. The molecular weight excluding hydrogens is 542 g/mol. The molecule has 3 aliphatic heterocycles. The average Bonchev–Trinajstić information content (AvgIpc) is 3.30. The number of hydrogen-bond acceptors (Lipinski definition) is 10. The zero-order valence-electron chi connectivity index (χ0n) is 20.5. The van der Waals surface area contributed by atoms with Gasteiger partial charge in [-0.05, 0) is 25.5 Å². The number of fused-ring (bicyclic) bond motifs is 4. The van der Waals surface area contributed by atoms with E-state index in [0.717, 1.165) is 11.3 Å². The molecule has 0 radical (unpaired) electrons. The number of aliphatic carboxylic acids is 1. The van der Waals surface area contributed by atoms with Gasteiger partial charge in [0.25, 0.3) is 0 Å². The van der Waals surface area contributed by atoms with Crippen molar-refractivity contribution in [2.45, 2.75) is 44.9 Å². The minimum absolute atomic E-state index is 0.0440. The van der Waals surface area contributed by atoms with Crippen molar-refractivity contribution in [3.05, 3.63) is 28.3 Å². The molecule has 4 N–H and O–H groups in total. The molecule has 13 nitrogen and oxygen atoms in total. The minimum Gasteiger partial charge on any atom is -0.480 e. The van der Waals surface area contributed by atoms with E-state index in [1.54, 1.807) is 13.8 Å². The molecule has 1 unspecified atom stereocenters. The fourth-order valence-electron chi connectivity index (χ4n) is 5.50. The fourth-order valence-corrected chi connectivity index (χ4v) is 6.35. The molecule has 1 aromatic heterocycles. The van der Waals surface area contributed by atoms with Crippen molar-refractivity contribution in [3.8, 4) is 10.6 Å². The summed E-state index contributed by atoms with van der Waals surface area (Å²) in [6.45, 7) is 2.79. The molecule has 3 aliphatic rings. The van der Waals surface area contributed by atoms with E-state index >= 15 is 8.78 Å². The number of rotatable bonds is 5. The molecule has 206 valence electrons. The van der Waals surface area contributed by atoms with E-state index in [1.807, 2.05) is 0 Å². The van der Waals surface area contributed by atoms with Crippen molar-refractivity contribution in [2.75, 3.05) is 18.0 Å². The maximum Gasteiger partial charge on any atom is 0.328 e. The highest BCUT2D eigenvalue weighted by molar-refractivity contribution is 7.14. The Morgan fingerprint density at radius 1 is 1.21 bits per heavy atom. The number of anilines is 1. The summed E-state index contributed by atoms with van der Waals surface area (Å²) in [5.74, 6) is -6.09. The van der Waals surface area contributed by atoms with Crippen LogP contribution in [0.2, 0.25) is 0 Å². The number of imide groups is 2. The lowest BCUT2D eigenvalue weighted by Crippen LogP contribution is -2.75. The van der Waals surface area contributed by atoms with Crippen molar-refractivity contribution in [2.24, 2.45) is 5.41 Å². The number of urea groups is 1. The number of ether oxygens (including phenoxy) is 1. The Morgan fingerprint density at radius 3 is 2.56 bits per heavy atom. The predicted molar refractivity (Wildman–Crippen MR) is 129 cm³/mol. The summed E-state index contributed by atoms with van der Waals surface area (Å²) in [6, 6.07) is -0.737. The van der Waals surface area contributed by atoms with Crippen molar-refractivity contribution >= 4 is 46.7 Å². The number of barbiturate groups is 1. The highest BCUT2D eigenvalue weighted by atomic mass is 32.1. The quantitative estimate of drug-likeness (QED) is 0.364. The fraction of sp³-hybridized carbons (Fsp3) is 0.435. The van der Waals surface area contributed by atoms with Gasteiger partial charge in [-0.25, -0.2) is 13.6 Å². The lowest BCUT2D eigenvalue weighted by atomic mass is 9.66. The number of nitrogens with zero attached hydrogens (tertiary/aromatic N) is 3. The Labute approximate surface area is 222 Å². The number of carbonyl (C=O) groups is 5. The summed E-state index contributed by atoms with van der Waals surface area (Å²) in [7, 11) is 0. The minimum atomic E-state index is -1.88. The number of nitrogens with one attached hydrogen (secondary N) is 3. The van der Waals surface area contributed by atoms with E-state index in [-0.39, 0.29) is 46.2 Å². The predicted octanol–water partition coefficient (Wildman–Crippen LogP) is 0.117. The molecule has 5 amide bonds. The van der Waals surface area contributed by atoms with Gasteiger partial charge < -0.3 is 20.1 Å². The number of carboxylic acids is 1. The zero-order chi connectivity index (χ0) is 28.2. The molecule has 2 saturated heterocycles. The number of benzene rings is 1. The second-order valence-electron chi connectivity index (χ2n) is 9.54. The summed E-state index contributed by atoms with van der Waals surface area (Å²) < 4.78 is 37.2. The molecule has 0 saturated carbocycles. The number of halogens is 2. The Morgan fingerprint density at radius 2 is 1.90 bits per heavy atom. The molecule has 1 aromatic carbocycles. The van der Waals surface area contributed by atoms with Gasteiger partial charge in [0.05, 0.1) is 35.9 Å². The van der Waals surface area contributed by atoms with Gasteiger partial charge in [-0.1, -0.05) is 11.3 Å². The van der Waals surface area contributed by atoms with Crippen LogP contribution in [0.5, 0.6) is 0 Å². The average molecular weight is 565 g/mol. The lowest BCUT2D eigenvalue weighted by Gasteiger charge is -2.55. The first-order valence-electron chi connectivity index (χ1n) is 11.8. The number of carboxylic acid groups (broad SMARTS) is 1. The van der Waals surface area contributed by atoms with Crippen LogP contribution in [0, 0.1) is 17.0 Å². The molecule has 0 aliphatic carbocycles. The third-order valence-electron chi connectivity index (χ3n) is 6.91. The van der Waals surface area contributed by atoms with Gasteiger partial charge in [0, 0.05) is 13.0 Å². The van der Waals surface area contributed by atoms with Gasteiger partial charge in [0.1, 0.15) is 11.6 Å². The van der Waals surface area contributed by atoms with E-state index in [0.29, 0.717) is 0 Å². The maximum atomic E-state index is 15.8. The number of amides is 5. The van der Waals surface area contributed by atoms with E-state index in [4.69, 9.17) is 9.84 Å². The van der Waals surface area contributed by atoms with Crippen LogP contribution in [-0.2, 0) is 36.8 Å². The van der Waals surface area contributed by atoms with Crippen molar-refractivity contribution < 1.29 is 42.6 Å². The monoisotopic (exact) mass is 564 g/mol. The lowest BCUT2D eigenvalue weighted by molar-refractivity contribution is -0.153. The van der Waals surface area contributed by atoms with Crippen LogP contribution in [0.3, 0.4) is 0 Å². The first kappa shape index (κ1) is 26.6. The highest BCUT2D eigenvalue weighted by Crippen LogP contribution is 2.49. The first-order valence-corrected chi connectivity index (χ1v) is 12.6. The van der Waals surface area contributed by atoms with Gasteiger partial charge in [-0.15, -0.1) is 10.2 Å². The Bertz CT molecular complexity index is 1410. The third kappa shape index (κ3) is 4.38. The van der Waals surface area contributed by atoms with Crippen molar-refractivity contribution in [1.82, 2.24) is 26.1 Å². The Hall–Kier alpha value is -4.05. The van der Waals surface area contributed by atoms with Crippen LogP contribution in [-0.4, -0.2) is 76.4 Å². The van der Waals surface area contributed by atoms with Gasteiger partial charge in [0.15, 0.2) is 22.1 Å². The molecule has 3 atom stereocenters.